The average molecular weight is 651 g/mol. The van der Waals surface area contributed by atoms with E-state index in [-0.39, 0.29) is 39.8 Å². The quantitative estimate of drug-likeness (QED) is 0.277. The van der Waals surface area contributed by atoms with Crippen molar-refractivity contribution in [1.29, 1.82) is 5.26 Å². The van der Waals surface area contributed by atoms with Crippen LogP contribution in [-0.4, -0.2) is 50.5 Å². The van der Waals surface area contributed by atoms with Gasteiger partial charge in [0.15, 0.2) is 5.76 Å². The number of rotatable bonds is 6. The molecule has 0 aliphatic carbocycles. The fourth-order valence-electron chi connectivity index (χ4n) is 7.09. The van der Waals surface area contributed by atoms with Gasteiger partial charge >= 0.3 is 0 Å². The van der Waals surface area contributed by atoms with E-state index in [1.165, 1.54) is 10.4 Å². The second-order valence-electron chi connectivity index (χ2n) is 11.8. The van der Waals surface area contributed by atoms with Gasteiger partial charge in [0.25, 0.3) is 5.91 Å². The lowest BCUT2D eigenvalue weighted by molar-refractivity contribution is -0.0393. The van der Waals surface area contributed by atoms with Crippen molar-refractivity contribution in [3.63, 3.8) is 0 Å². The van der Waals surface area contributed by atoms with Crippen LogP contribution in [0.5, 0.6) is 0 Å². The van der Waals surface area contributed by atoms with Gasteiger partial charge in [-0.3, -0.25) is 4.79 Å². The Morgan fingerprint density at radius 2 is 1.89 bits per heavy atom. The Balaban J connectivity index is 1.20. The van der Waals surface area contributed by atoms with E-state index in [1.54, 1.807) is 16.7 Å². The number of fused-ring (bicyclic) bond motifs is 3. The molecule has 11 nitrogen and oxygen atoms in total. The fraction of sp³-hybridized carbons (Fsp3) is 0.355. The molecule has 1 amide bonds. The van der Waals surface area contributed by atoms with Gasteiger partial charge in [-0.05, 0) is 51.0 Å². The lowest BCUT2D eigenvalue weighted by Crippen LogP contribution is -2.52. The zero-order valence-electron chi connectivity index (χ0n) is 23.9. The smallest absolute Gasteiger partial charge is 0.273 e. The maximum absolute atomic E-state index is 14.5. The topological polar surface area (TPSA) is 154 Å². The molecule has 6 heterocycles. The van der Waals surface area contributed by atoms with Crippen molar-refractivity contribution in [2.75, 3.05) is 5.32 Å². The van der Waals surface area contributed by atoms with Gasteiger partial charge in [-0.15, -0.1) is 0 Å². The molecular formula is C31H28ClFN6O5S. The minimum atomic E-state index is -4.21. The van der Waals surface area contributed by atoms with Gasteiger partial charge < -0.3 is 19.5 Å². The van der Waals surface area contributed by atoms with E-state index in [0.717, 1.165) is 11.6 Å². The summed E-state index contributed by atoms with van der Waals surface area (Å²) in [7, 11) is -4.21. The number of piperidine rings is 1. The van der Waals surface area contributed by atoms with Crippen molar-refractivity contribution in [3.05, 3.63) is 82.3 Å². The van der Waals surface area contributed by atoms with Gasteiger partial charge in [-0.2, -0.15) is 14.0 Å². The Bertz CT molecular complexity index is 1960. The van der Waals surface area contributed by atoms with Crippen LogP contribution in [0.3, 0.4) is 0 Å². The molecule has 2 saturated heterocycles. The minimum Gasteiger partial charge on any atom is -0.383 e. The molecule has 7 rings (SSSR count). The summed E-state index contributed by atoms with van der Waals surface area (Å²) in [6.45, 7) is 0.379. The molecule has 0 spiro atoms. The van der Waals surface area contributed by atoms with Crippen LogP contribution in [0, 0.1) is 17.3 Å². The Morgan fingerprint density at radius 1 is 1.16 bits per heavy atom. The van der Waals surface area contributed by atoms with Gasteiger partial charge in [-0.25, -0.2) is 13.4 Å². The summed E-state index contributed by atoms with van der Waals surface area (Å²) in [5.74, 6) is -1.16. The molecule has 232 valence electrons. The molecule has 3 aromatic heterocycles. The predicted molar refractivity (Wildman–Crippen MR) is 160 cm³/mol. The molecule has 0 saturated carbocycles. The van der Waals surface area contributed by atoms with Crippen molar-refractivity contribution < 1.29 is 27.2 Å². The number of amides is 1. The number of nitrogens with one attached hydrogen (secondary N) is 1. The molecule has 4 aromatic rings. The second kappa shape index (κ2) is 11.1. The number of carbonyl (C=O) groups is 1. The van der Waals surface area contributed by atoms with Crippen LogP contribution in [0.4, 0.5) is 10.1 Å². The number of carbonyl (C=O) groups excluding carboxylic acids is 1. The maximum Gasteiger partial charge on any atom is 0.273 e. The first-order chi connectivity index (χ1) is 21.6. The molecular weight excluding hydrogens is 623 g/mol. The first kappa shape index (κ1) is 29.6. The van der Waals surface area contributed by atoms with Crippen LogP contribution in [0.1, 0.15) is 66.1 Å². The summed E-state index contributed by atoms with van der Waals surface area (Å²) in [5, 5.41) is 27.4. The van der Waals surface area contributed by atoms with E-state index in [0.29, 0.717) is 55.8 Å². The minimum absolute atomic E-state index is 0.00692. The molecule has 2 atom stereocenters. The summed E-state index contributed by atoms with van der Waals surface area (Å²) < 4.78 is 51.6. The van der Waals surface area contributed by atoms with Crippen molar-refractivity contribution in [3.8, 4) is 17.4 Å². The molecule has 2 unspecified atom stereocenters. The fourth-order valence-corrected chi connectivity index (χ4v) is 9.87. The highest BCUT2D eigenvalue weighted by molar-refractivity contribution is 7.89. The van der Waals surface area contributed by atoms with Gasteiger partial charge in [0.2, 0.25) is 16.0 Å². The lowest BCUT2D eigenvalue weighted by atomic mass is 9.84. The summed E-state index contributed by atoms with van der Waals surface area (Å²) in [6.07, 6.45) is 3.17. The van der Waals surface area contributed by atoms with Crippen LogP contribution >= 0.6 is 11.6 Å². The number of nitriles is 1. The number of hydrogen-bond donors (Lipinski definition) is 2. The Kier molecular flexibility index (Phi) is 7.28. The normalized spacial score (nSPS) is 23.0. The van der Waals surface area contributed by atoms with E-state index in [9.17, 15) is 22.7 Å². The Labute approximate surface area is 263 Å². The molecule has 0 radical (unpaired) electrons. The Morgan fingerprint density at radius 3 is 2.60 bits per heavy atom. The highest BCUT2D eigenvalue weighted by atomic mass is 35.5. The van der Waals surface area contributed by atoms with E-state index < -0.39 is 39.6 Å². The van der Waals surface area contributed by atoms with Gasteiger partial charge in [0, 0.05) is 47.7 Å². The standard InChI is InChI=1S/C31H28ClFN6O5S/c32-27-28(30(40)36-19-12-20(17-34)35-26(33)13-19)38-11-5-4-8-23(38)29(27)45(42,43)39-21-9-10-22(39)16-31(41,15-21)25-14-24(44-37-25)18-6-2-1-3-7-18/h1-3,6-7,12-14,21-22,41H,4-5,8-11,15-16H2,(H,35,36,40). The first-order valence-corrected chi connectivity index (χ1v) is 16.5. The largest absolute Gasteiger partial charge is 0.383 e. The van der Waals surface area contributed by atoms with E-state index in [4.69, 9.17) is 21.4 Å². The van der Waals surface area contributed by atoms with Crippen molar-refractivity contribution in [2.24, 2.45) is 0 Å². The molecule has 1 aromatic carbocycles. The third-order valence-electron chi connectivity index (χ3n) is 8.97. The lowest BCUT2D eigenvalue weighted by Gasteiger charge is -2.42. The van der Waals surface area contributed by atoms with Crippen molar-refractivity contribution in [1.82, 2.24) is 19.0 Å². The number of pyridine rings is 1. The predicted octanol–water partition coefficient (Wildman–Crippen LogP) is 4.99. The summed E-state index contributed by atoms with van der Waals surface area (Å²) >= 11 is 6.81. The molecule has 2 N–H and O–H groups in total. The highest BCUT2D eigenvalue weighted by Gasteiger charge is 2.55. The number of sulfonamides is 1. The van der Waals surface area contributed by atoms with E-state index in [1.807, 2.05) is 30.3 Å². The Hall–Kier alpha value is -4.09. The third kappa shape index (κ3) is 5.02. The summed E-state index contributed by atoms with van der Waals surface area (Å²) in [6, 6.07) is 14.0. The average Bonchev–Trinajstić information content (AvgIpc) is 3.71. The van der Waals surface area contributed by atoms with Gasteiger partial charge in [0.05, 0.1) is 5.02 Å². The summed E-state index contributed by atoms with van der Waals surface area (Å²) in [4.78, 5) is 16.9. The van der Waals surface area contributed by atoms with Gasteiger partial charge in [-0.1, -0.05) is 47.1 Å². The van der Waals surface area contributed by atoms with Crippen LogP contribution < -0.4 is 5.32 Å². The number of hydrogen-bond acceptors (Lipinski definition) is 8. The monoisotopic (exact) mass is 650 g/mol. The third-order valence-corrected chi connectivity index (χ3v) is 11.6. The molecule has 3 aliphatic rings. The van der Waals surface area contributed by atoms with Crippen LogP contribution in [0.2, 0.25) is 5.02 Å². The number of nitrogens with zero attached hydrogens (tertiary/aromatic N) is 5. The second-order valence-corrected chi connectivity index (χ2v) is 13.9. The molecule has 14 heteroatoms. The molecule has 45 heavy (non-hydrogen) atoms. The van der Waals surface area contributed by atoms with Gasteiger partial charge in [0.1, 0.15) is 33.6 Å². The number of aliphatic hydroxyl groups is 1. The van der Waals surface area contributed by atoms with E-state index in [2.05, 4.69) is 15.5 Å². The number of halogens is 2. The van der Waals surface area contributed by atoms with Crippen LogP contribution in [-0.2, 0) is 28.6 Å². The molecule has 3 aliphatic heterocycles. The highest BCUT2D eigenvalue weighted by Crippen LogP contribution is 2.50. The van der Waals surface area contributed by atoms with Crippen LogP contribution in [0.15, 0.2) is 57.9 Å². The maximum atomic E-state index is 14.5. The summed E-state index contributed by atoms with van der Waals surface area (Å²) in [5.41, 5.74) is -0.0365. The van der Waals surface area contributed by atoms with Crippen molar-refractivity contribution in [2.45, 2.75) is 74.1 Å². The van der Waals surface area contributed by atoms with E-state index >= 15 is 0 Å². The SMILES string of the molecule is N#Cc1cc(NC(=O)c2c(Cl)c(S(=O)(=O)N3C4CCC3CC(O)(c3cc(-c5ccccc5)on3)C4)c3n2CCCC3)cc(F)n1. The zero-order valence-corrected chi connectivity index (χ0v) is 25.5. The first-order valence-electron chi connectivity index (χ1n) is 14.7. The molecule has 2 fully saturated rings. The van der Waals surface area contributed by atoms with Crippen molar-refractivity contribution >= 4 is 33.2 Å². The zero-order chi connectivity index (χ0) is 31.5. The number of aromatic nitrogens is 3. The van der Waals surface area contributed by atoms with Crippen LogP contribution in [0.25, 0.3) is 11.3 Å². The number of benzene rings is 1. The number of anilines is 1. The molecule has 2 bridgehead atoms.